The fourth-order valence-corrected chi connectivity index (χ4v) is 4.95. The molecule has 172 valence electrons. The lowest BCUT2D eigenvalue weighted by atomic mass is 9.95. The van der Waals surface area contributed by atoms with Gasteiger partial charge in [0.15, 0.2) is 0 Å². The fraction of sp³-hybridized carbons (Fsp3) is 0.560. The van der Waals surface area contributed by atoms with E-state index in [0.717, 1.165) is 41.8 Å². The van der Waals surface area contributed by atoms with Gasteiger partial charge in [-0.3, -0.25) is 4.79 Å². The number of rotatable bonds is 5. The zero-order valence-corrected chi connectivity index (χ0v) is 21.2. The third-order valence-electron chi connectivity index (χ3n) is 6.55. The summed E-state index contributed by atoms with van der Waals surface area (Å²) in [5.41, 5.74) is 3.52. The minimum atomic E-state index is -0.197. The van der Waals surface area contributed by atoms with Gasteiger partial charge in [-0.15, -0.1) is 0 Å². The van der Waals surface area contributed by atoms with Crippen LogP contribution in [0.25, 0.3) is 0 Å². The fourth-order valence-electron chi connectivity index (χ4n) is 4.69. The number of nitrogens with one attached hydrogen (secondary N) is 1. The first-order chi connectivity index (χ1) is 15.2. The normalized spacial score (nSPS) is 19.7. The van der Waals surface area contributed by atoms with Gasteiger partial charge in [0, 0.05) is 54.0 Å². The molecule has 1 N–H and O–H groups in total. The van der Waals surface area contributed by atoms with Gasteiger partial charge in [0.25, 0.3) is 0 Å². The van der Waals surface area contributed by atoms with E-state index in [4.69, 9.17) is 0 Å². The van der Waals surface area contributed by atoms with E-state index in [-0.39, 0.29) is 17.4 Å². The van der Waals surface area contributed by atoms with Gasteiger partial charge in [-0.25, -0.2) is 9.97 Å². The Balaban J connectivity index is 1.47. The van der Waals surface area contributed by atoms with Crippen molar-refractivity contribution < 1.29 is 4.79 Å². The van der Waals surface area contributed by atoms with Crippen LogP contribution < -0.4 is 10.2 Å². The molecule has 4 rings (SSSR count). The van der Waals surface area contributed by atoms with E-state index in [1.165, 1.54) is 11.3 Å². The number of halogens is 1. The second-order valence-corrected chi connectivity index (χ2v) is 11.0. The third kappa shape index (κ3) is 5.15. The average molecular weight is 500 g/mol. The van der Waals surface area contributed by atoms with Gasteiger partial charge in [0.1, 0.15) is 12.1 Å². The van der Waals surface area contributed by atoms with Gasteiger partial charge in [-0.2, -0.15) is 0 Å². The summed E-state index contributed by atoms with van der Waals surface area (Å²) < 4.78 is 1.02. The molecule has 1 saturated heterocycles. The predicted molar refractivity (Wildman–Crippen MR) is 132 cm³/mol. The maximum absolute atomic E-state index is 13.6. The lowest BCUT2D eigenvalue weighted by molar-refractivity contribution is -0.133. The largest absolute Gasteiger partial charge is 0.353 e. The van der Waals surface area contributed by atoms with Gasteiger partial charge in [-0.1, -0.05) is 35.0 Å². The molecule has 1 aromatic carbocycles. The highest BCUT2D eigenvalue weighted by atomic mass is 79.9. The number of carbonyl (C=O) groups excluding carboxylic acids is 1. The van der Waals surface area contributed by atoms with Crippen molar-refractivity contribution in [1.29, 1.82) is 0 Å². The van der Waals surface area contributed by atoms with Crippen LogP contribution in [-0.4, -0.2) is 59.0 Å². The zero-order chi connectivity index (χ0) is 22.9. The first-order valence-electron chi connectivity index (χ1n) is 11.6. The molecule has 7 heteroatoms. The Morgan fingerprint density at radius 1 is 1.16 bits per heavy atom. The lowest BCUT2D eigenvalue weighted by Crippen LogP contribution is -2.52. The SMILES string of the molecule is C[C@@H]1CCc2ncnc(N3CCN(C(=O)[C@H](CNC(C)(C)C)c4ccc(Br)cc4)CC3)c21. The Hall–Kier alpha value is -1.99. The summed E-state index contributed by atoms with van der Waals surface area (Å²) in [6.07, 6.45) is 3.89. The highest BCUT2D eigenvalue weighted by Crippen LogP contribution is 2.37. The van der Waals surface area contributed by atoms with Crippen molar-refractivity contribution in [3.63, 3.8) is 0 Å². The van der Waals surface area contributed by atoms with Crippen LogP contribution in [-0.2, 0) is 11.2 Å². The van der Waals surface area contributed by atoms with Crippen LogP contribution in [0.3, 0.4) is 0 Å². The molecule has 0 spiro atoms. The Bertz CT molecular complexity index is 948. The van der Waals surface area contributed by atoms with Crippen molar-refractivity contribution in [3.05, 3.63) is 51.9 Å². The van der Waals surface area contributed by atoms with E-state index < -0.39 is 0 Å². The molecule has 2 aromatic rings. The number of piperazine rings is 1. The Morgan fingerprint density at radius 3 is 2.50 bits per heavy atom. The van der Waals surface area contributed by atoms with Crippen molar-refractivity contribution in [2.24, 2.45) is 0 Å². The van der Waals surface area contributed by atoms with Gasteiger partial charge in [0.2, 0.25) is 5.91 Å². The highest BCUT2D eigenvalue weighted by molar-refractivity contribution is 9.10. The van der Waals surface area contributed by atoms with Crippen LogP contribution in [0.4, 0.5) is 5.82 Å². The molecule has 0 unspecified atom stereocenters. The molecule has 1 fully saturated rings. The van der Waals surface area contributed by atoms with Crippen molar-refractivity contribution in [3.8, 4) is 0 Å². The summed E-state index contributed by atoms with van der Waals surface area (Å²) in [5, 5.41) is 3.54. The summed E-state index contributed by atoms with van der Waals surface area (Å²) in [7, 11) is 0. The van der Waals surface area contributed by atoms with E-state index in [2.05, 4.69) is 75.9 Å². The van der Waals surface area contributed by atoms with E-state index in [0.29, 0.717) is 25.6 Å². The van der Waals surface area contributed by atoms with Crippen molar-refractivity contribution in [1.82, 2.24) is 20.2 Å². The van der Waals surface area contributed by atoms with Crippen molar-refractivity contribution in [2.45, 2.75) is 57.9 Å². The minimum absolute atomic E-state index is 0.0450. The molecular weight excluding hydrogens is 466 g/mol. The van der Waals surface area contributed by atoms with Gasteiger partial charge in [0.05, 0.1) is 5.92 Å². The standard InChI is InChI=1S/C25H34BrN5O/c1-17-5-10-21-22(17)23(28-16-27-21)30-11-13-31(14-12-30)24(32)20(15-29-25(2,3)4)18-6-8-19(26)9-7-18/h6-9,16-17,20,29H,5,10-15H2,1-4H3/t17-,20-/m1/s1. The van der Waals surface area contributed by atoms with Crippen LogP contribution in [0, 0.1) is 0 Å². The van der Waals surface area contributed by atoms with Gasteiger partial charge >= 0.3 is 0 Å². The lowest BCUT2D eigenvalue weighted by Gasteiger charge is -2.38. The number of anilines is 1. The van der Waals surface area contributed by atoms with Crippen LogP contribution in [0.1, 0.15) is 62.8 Å². The number of hydrogen-bond acceptors (Lipinski definition) is 5. The number of fused-ring (bicyclic) bond motifs is 1. The zero-order valence-electron chi connectivity index (χ0n) is 19.6. The number of amides is 1. The van der Waals surface area contributed by atoms with Crippen molar-refractivity contribution in [2.75, 3.05) is 37.6 Å². The van der Waals surface area contributed by atoms with Gasteiger partial charge in [-0.05, 0) is 57.2 Å². The second-order valence-electron chi connectivity index (χ2n) is 10.0. The van der Waals surface area contributed by atoms with Crippen molar-refractivity contribution >= 4 is 27.7 Å². The molecule has 32 heavy (non-hydrogen) atoms. The minimum Gasteiger partial charge on any atom is -0.353 e. The van der Waals surface area contributed by atoms with Crippen LogP contribution >= 0.6 is 15.9 Å². The van der Waals surface area contributed by atoms with Crippen LogP contribution in [0.2, 0.25) is 0 Å². The number of benzene rings is 1. The summed E-state index contributed by atoms with van der Waals surface area (Å²) >= 11 is 3.51. The molecule has 2 atom stereocenters. The molecule has 1 amide bonds. The Labute approximate surface area is 199 Å². The molecule has 1 aromatic heterocycles. The molecule has 1 aliphatic heterocycles. The molecule has 6 nitrogen and oxygen atoms in total. The third-order valence-corrected chi connectivity index (χ3v) is 7.08. The van der Waals surface area contributed by atoms with E-state index in [9.17, 15) is 4.79 Å². The summed E-state index contributed by atoms with van der Waals surface area (Å²) in [6.45, 7) is 12.3. The summed E-state index contributed by atoms with van der Waals surface area (Å²) in [4.78, 5) is 27.1. The maximum atomic E-state index is 13.6. The van der Waals surface area contributed by atoms with Crippen LogP contribution in [0.15, 0.2) is 35.1 Å². The molecule has 0 radical (unpaired) electrons. The highest BCUT2D eigenvalue weighted by Gasteiger charge is 2.32. The topological polar surface area (TPSA) is 61.4 Å². The van der Waals surface area contributed by atoms with Gasteiger partial charge < -0.3 is 15.1 Å². The van der Waals surface area contributed by atoms with Crippen LogP contribution in [0.5, 0.6) is 0 Å². The Morgan fingerprint density at radius 2 is 1.84 bits per heavy atom. The monoisotopic (exact) mass is 499 g/mol. The smallest absolute Gasteiger partial charge is 0.231 e. The first kappa shape index (κ1) is 23.2. The average Bonchev–Trinajstić information content (AvgIpc) is 3.15. The molecule has 1 aliphatic carbocycles. The number of aromatic nitrogens is 2. The predicted octanol–water partition coefficient (Wildman–Crippen LogP) is 4.11. The molecule has 2 aliphatic rings. The molecular formula is C25H34BrN5O. The number of nitrogens with zero attached hydrogens (tertiary/aromatic N) is 4. The molecule has 0 bridgehead atoms. The maximum Gasteiger partial charge on any atom is 0.231 e. The summed E-state index contributed by atoms with van der Waals surface area (Å²) in [5.74, 6) is 1.58. The number of carbonyl (C=O) groups is 1. The number of aryl methyl sites for hydroxylation is 1. The molecule has 2 heterocycles. The van der Waals surface area contributed by atoms with E-state index in [1.54, 1.807) is 6.33 Å². The molecule has 0 saturated carbocycles. The number of hydrogen-bond donors (Lipinski definition) is 1. The van der Waals surface area contributed by atoms with E-state index in [1.807, 2.05) is 17.0 Å². The van der Waals surface area contributed by atoms with E-state index >= 15 is 0 Å². The first-order valence-corrected chi connectivity index (χ1v) is 12.4. The second kappa shape index (κ2) is 9.48. The summed E-state index contributed by atoms with van der Waals surface area (Å²) in [6, 6.07) is 8.14. The quantitative estimate of drug-likeness (QED) is 0.670. The Kier molecular flexibility index (Phi) is 6.86.